The minimum absolute atomic E-state index is 0.0170. The number of fused-ring (bicyclic) bond motifs is 1. The summed E-state index contributed by atoms with van der Waals surface area (Å²) in [7, 11) is 0. The average Bonchev–Trinajstić information content (AvgIpc) is 2.60. The number of urea groups is 1. The molecule has 0 aliphatic rings. The summed E-state index contributed by atoms with van der Waals surface area (Å²) in [4.78, 5) is 36.0. The van der Waals surface area contributed by atoms with Gasteiger partial charge in [-0.1, -0.05) is 35.9 Å². The van der Waals surface area contributed by atoms with Crippen molar-refractivity contribution >= 4 is 52.0 Å². The lowest BCUT2D eigenvalue weighted by Gasteiger charge is -2.13. The first kappa shape index (κ1) is 20.1. The van der Waals surface area contributed by atoms with E-state index in [2.05, 4.69) is 10.6 Å². The fourth-order valence-corrected chi connectivity index (χ4v) is 3.45. The minimum atomic E-state index is -1.07. The van der Waals surface area contributed by atoms with E-state index >= 15 is 0 Å². The van der Waals surface area contributed by atoms with Crippen molar-refractivity contribution in [3.8, 4) is 0 Å². The Morgan fingerprint density at radius 2 is 1.88 bits per heavy atom. The van der Waals surface area contributed by atoms with Crippen molar-refractivity contribution in [3.05, 3.63) is 41.4 Å². The van der Waals surface area contributed by atoms with Gasteiger partial charge in [-0.2, -0.15) is 0 Å². The highest BCUT2D eigenvalue weighted by molar-refractivity contribution is 8.00. The quantitative estimate of drug-likeness (QED) is 0.579. The molecule has 1 unspecified atom stereocenters. The average molecular weight is 395 g/mol. The first-order valence-corrected chi connectivity index (χ1v) is 9.37. The van der Waals surface area contributed by atoms with Crippen LogP contribution in [-0.4, -0.2) is 36.3 Å². The Bertz CT molecular complexity index is 823. The van der Waals surface area contributed by atoms with Gasteiger partial charge in [-0.3, -0.25) is 14.9 Å². The van der Waals surface area contributed by atoms with E-state index in [1.807, 2.05) is 30.3 Å². The molecule has 0 aliphatic heterocycles. The van der Waals surface area contributed by atoms with Gasteiger partial charge in [0.1, 0.15) is 0 Å². The smallest absolute Gasteiger partial charge is 0.321 e. The standard InChI is InChI=1S/C18H19ClN2O4S/c1-3-20-18(24)21-17(23)11(2)25-15(22)10-26-14-9-5-7-12-6-4-8-13(19)16(12)14/h4-9,11H,3,10H2,1-2H3,(H2,20,21,23,24). The van der Waals surface area contributed by atoms with Crippen LogP contribution in [0.1, 0.15) is 13.8 Å². The third kappa shape index (κ3) is 5.37. The fourth-order valence-electron chi connectivity index (χ4n) is 2.22. The number of amides is 3. The van der Waals surface area contributed by atoms with Crippen LogP contribution in [0, 0.1) is 0 Å². The van der Waals surface area contributed by atoms with Crippen LogP contribution in [0.25, 0.3) is 10.8 Å². The van der Waals surface area contributed by atoms with Crippen molar-refractivity contribution in [1.82, 2.24) is 10.6 Å². The van der Waals surface area contributed by atoms with E-state index in [0.29, 0.717) is 11.6 Å². The van der Waals surface area contributed by atoms with Crippen LogP contribution in [0.5, 0.6) is 0 Å². The van der Waals surface area contributed by atoms with Gasteiger partial charge < -0.3 is 10.1 Å². The van der Waals surface area contributed by atoms with Crippen LogP contribution in [0.15, 0.2) is 41.3 Å². The highest BCUT2D eigenvalue weighted by atomic mass is 35.5. The summed E-state index contributed by atoms with van der Waals surface area (Å²) in [6, 6.07) is 10.7. The van der Waals surface area contributed by atoms with Gasteiger partial charge in [0.25, 0.3) is 5.91 Å². The van der Waals surface area contributed by atoms with Crippen molar-refractivity contribution < 1.29 is 19.1 Å². The number of thioether (sulfide) groups is 1. The third-order valence-electron chi connectivity index (χ3n) is 3.41. The van der Waals surface area contributed by atoms with Gasteiger partial charge in [0.05, 0.1) is 5.75 Å². The third-order valence-corrected chi connectivity index (χ3v) is 4.76. The zero-order chi connectivity index (χ0) is 19.1. The van der Waals surface area contributed by atoms with E-state index in [9.17, 15) is 14.4 Å². The summed E-state index contributed by atoms with van der Waals surface area (Å²) in [5.41, 5.74) is 0. The van der Waals surface area contributed by atoms with Gasteiger partial charge in [0, 0.05) is 21.8 Å². The van der Waals surface area contributed by atoms with Gasteiger partial charge in [0.15, 0.2) is 6.10 Å². The number of imide groups is 1. The fraction of sp³-hybridized carbons (Fsp3) is 0.278. The molecule has 0 spiro atoms. The van der Waals surface area contributed by atoms with Gasteiger partial charge in [0.2, 0.25) is 0 Å². The second-order valence-corrected chi connectivity index (χ2v) is 6.79. The van der Waals surface area contributed by atoms with Crippen LogP contribution < -0.4 is 10.6 Å². The molecular weight excluding hydrogens is 376 g/mol. The Kier molecular flexibility index (Phi) is 7.29. The highest BCUT2D eigenvalue weighted by Crippen LogP contribution is 2.33. The molecule has 0 bridgehead atoms. The molecule has 0 saturated heterocycles. The molecule has 26 heavy (non-hydrogen) atoms. The van der Waals surface area contributed by atoms with Gasteiger partial charge in [-0.15, -0.1) is 11.8 Å². The normalized spacial score (nSPS) is 11.7. The van der Waals surface area contributed by atoms with Gasteiger partial charge in [-0.05, 0) is 31.4 Å². The second-order valence-electron chi connectivity index (χ2n) is 5.36. The Hall–Kier alpha value is -2.25. The highest BCUT2D eigenvalue weighted by Gasteiger charge is 2.20. The number of hydrogen-bond donors (Lipinski definition) is 2. The number of nitrogens with one attached hydrogen (secondary N) is 2. The molecule has 2 aromatic carbocycles. The second kappa shape index (κ2) is 9.45. The number of hydrogen-bond acceptors (Lipinski definition) is 5. The molecule has 138 valence electrons. The Morgan fingerprint density at radius 3 is 2.58 bits per heavy atom. The van der Waals surface area contributed by atoms with E-state index in [4.69, 9.17) is 16.3 Å². The Balaban J connectivity index is 1.93. The SMILES string of the molecule is CCNC(=O)NC(=O)C(C)OC(=O)CSc1cccc2cccc(Cl)c12. The summed E-state index contributed by atoms with van der Waals surface area (Å²) in [6.45, 7) is 3.52. The lowest BCUT2D eigenvalue weighted by molar-refractivity contribution is -0.151. The molecule has 0 aromatic heterocycles. The van der Waals surface area contributed by atoms with Crippen LogP contribution in [0.2, 0.25) is 5.02 Å². The Labute approximate surface area is 160 Å². The van der Waals surface area contributed by atoms with E-state index in [1.165, 1.54) is 18.7 Å². The first-order valence-electron chi connectivity index (χ1n) is 8.00. The van der Waals surface area contributed by atoms with Crippen molar-refractivity contribution in [3.63, 3.8) is 0 Å². The van der Waals surface area contributed by atoms with Gasteiger partial charge in [-0.25, -0.2) is 4.79 Å². The van der Waals surface area contributed by atoms with Crippen LogP contribution >= 0.6 is 23.4 Å². The molecule has 2 aromatic rings. The number of rotatable bonds is 6. The lowest BCUT2D eigenvalue weighted by atomic mass is 10.1. The molecular formula is C18H19ClN2O4S. The molecule has 0 radical (unpaired) electrons. The molecule has 2 N–H and O–H groups in total. The molecule has 0 aliphatic carbocycles. The largest absolute Gasteiger partial charge is 0.452 e. The molecule has 8 heteroatoms. The van der Waals surface area contributed by atoms with Crippen molar-refractivity contribution in [2.45, 2.75) is 24.8 Å². The zero-order valence-electron chi connectivity index (χ0n) is 14.4. The number of carbonyl (C=O) groups is 3. The maximum atomic E-state index is 12.0. The van der Waals surface area contributed by atoms with Crippen LogP contribution in [0.4, 0.5) is 4.79 Å². The number of benzene rings is 2. The number of ether oxygens (including phenoxy) is 1. The number of carbonyl (C=O) groups excluding carboxylic acids is 3. The van der Waals surface area contributed by atoms with Crippen molar-refractivity contribution in [2.75, 3.05) is 12.3 Å². The molecule has 0 fully saturated rings. The minimum Gasteiger partial charge on any atom is -0.452 e. The van der Waals surface area contributed by atoms with E-state index < -0.39 is 24.0 Å². The number of esters is 1. The van der Waals surface area contributed by atoms with E-state index in [-0.39, 0.29) is 5.75 Å². The van der Waals surface area contributed by atoms with Crippen LogP contribution in [0.3, 0.4) is 0 Å². The van der Waals surface area contributed by atoms with Crippen molar-refractivity contribution in [1.29, 1.82) is 0 Å². The molecule has 3 amide bonds. The molecule has 0 heterocycles. The summed E-state index contributed by atoms with van der Waals surface area (Å²) in [6.07, 6.45) is -1.07. The molecule has 0 saturated carbocycles. The number of halogens is 1. The molecule has 2 rings (SSSR count). The predicted octanol–water partition coefficient (Wildman–Crippen LogP) is 3.36. The van der Waals surface area contributed by atoms with Crippen LogP contribution in [-0.2, 0) is 14.3 Å². The molecule has 6 nitrogen and oxygen atoms in total. The molecule has 1 atom stereocenters. The zero-order valence-corrected chi connectivity index (χ0v) is 15.9. The summed E-state index contributed by atoms with van der Waals surface area (Å²) in [5, 5.41) is 6.98. The van der Waals surface area contributed by atoms with E-state index in [1.54, 1.807) is 13.0 Å². The summed E-state index contributed by atoms with van der Waals surface area (Å²) < 4.78 is 5.07. The summed E-state index contributed by atoms with van der Waals surface area (Å²) in [5.74, 6) is -1.22. The monoisotopic (exact) mass is 394 g/mol. The van der Waals surface area contributed by atoms with Gasteiger partial charge >= 0.3 is 12.0 Å². The maximum Gasteiger partial charge on any atom is 0.321 e. The van der Waals surface area contributed by atoms with Crippen molar-refractivity contribution in [2.24, 2.45) is 0 Å². The topological polar surface area (TPSA) is 84.5 Å². The van der Waals surface area contributed by atoms with E-state index in [0.717, 1.165) is 15.7 Å². The lowest BCUT2D eigenvalue weighted by Crippen LogP contribution is -2.44. The first-order chi connectivity index (χ1) is 12.4. The predicted molar refractivity (Wildman–Crippen MR) is 102 cm³/mol. The Morgan fingerprint density at radius 1 is 1.19 bits per heavy atom. The maximum absolute atomic E-state index is 12.0. The summed E-state index contributed by atoms with van der Waals surface area (Å²) >= 11 is 7.54.